The van der Waals surface area contributed by atoms with Crippen molar-refractivity contribution in [3.63, 3.8) is 0 Å². The molecule has 2 saturated heterocycles. The van der Waals surface area contributed by atoms with Crippen LogP contribution < -0.4 is 5.32 Å². The lowest BCUT2D eigenvalue weighted by Gasteiger charge is -2.38. The van der Waals surface area contributed by atoms with Gasteiger partial charge in [-0.05, 0) is 57.4 Å². The Morgan fingerprint density at radius 1 is 1.22 bits per heavy atom. The SMILES string of the molecule is C[C@@H](NC1CC2CCC(C1)N2C)c1ccncc1. The van der Waals surface area contributed by atoms with Gasteiger partial charge in [-0.1, -0.05) is 0 Å². The summed E-state index contributed by atoms with van der Waals surface area (Å²) in [6.07, 6.45) is 9.16. The van der Waals surface area contributed by atoms with Crippen LogP contribution in [-0.4, -0.2) is 35.1 Å². The molecule has 1 aromatic rings. The fourth-order valence-corrected chi connectivity index (χ4v) is 3.65. The van der Waals surface area contributed by atoms with Crippen molar-refractivity contribution >= 4 is 0 Å². The quantitative estimate of drug-likeness (QED) is 0.886. The second-order valence-corrected chi connectivity index (χ2v) is 5.89. The first kappa shape index (κ1) is 12.1. The van der Waals surface area contributed by atoms with E-state index in [1.807, 2.05) is 12.4 Å². The number of nitrogens with one attached hydrogen (secondary N) is 1. The standard InChI is InChI=1S/C15H23N3/c1-11(12-5-7-16-8-6-12)17-13-9-14-3-4-15(10-13)18(14)2/h5-8,11,13-15,17H,3-4,9-10H2,1-2H3/t11-,13?,14?,15?/m1/s1. The molecular formula is C15H23N3. The first-order chi connectivity index (χ1) is 8.74. The molecule has 0 radical (unpaired) electrons. The lowest BCUT2D eigenvalue weighted by molar-refractivity contribution is 0.144. The molecule has 2 fully saturated rings. The maximum atomic E-state index is 4.08. The second kappa shape index (κ2) is 4.98. The van der Waals surface area contributed by atoms with Gasteiger partial charge in [0.1, 0.15) is 0 Å². The molecule has 3 heteroatoms. The van der Waals surface area contributed by atoms with E-state index in [9.17, 15) is 0 Å². The Morgan fingerprint density at radius 3 is 2.44 bits per heavy atom. The number of pyridine rings is 1. The highest BCUT2D eigenvalue weighted by Gasteiger charge is 2.38. The van der Waals surface area contributed by atoms with E-state index in [2.05, 4.69) is 41.3 Å². The van der Waals surface area contributed by atoms with E-state index in [-0.39, 0.29) is 0 Å². The highest BCUT2D eigenvalue weighted by Crippen LogP contribution is 2.34. The molecule has 3 rings (SSSR count). The van der Waals surface area contributed by atoms with Crippen molar-refractivity contribution in [1.82, 2.24) is 15.2 Å². The van der Waals surface area contributed by atoms with Gasteiger partial charge in [-0.2, -0.15) is 0 Å². The largest absolute Gasteiger partial charge is 0.307 e. The number of hydrogen-bond donors (Lipinski definition) is 1. The van der Waals surface area contributed by atoms with Crippen molar-refractivity contribution in [3.05, 3.63) is 30.1 Å². The number of hydrogen-bond acceptors (Lipinski definition) is 3. The molecule has 3 heterocycles. The molecule has 1 N–H and O–H groups in total. The van der Waals surface area contributed by atoms with Gasteiger partial charge in [-0.25, -0.2) is 0 Å². The Bertz CT molecular complexity index is 378. The first-order valence-electron chi connectivity index (χ1n) is 7.12. The summed E-state index contributed by atoms with van der Waals surface area (Å²) in [6.45, 7) is 2.26. The summed E-state index contributed by atoms with van der Waals surface area (Å²) in [6, 6.07) is 6.96. The zero-order chi connectivity index (χ0) is 12.5. The lowest BCUT2D eigenvalue weighted by Crippen LogP contribution is -2.47. The highest BCUT2D eigenvalue weighted by molar-refractivity contribution is 5.14. The van der Waals surface area contributed by atoms with Gasteiger partial charge in [-0.15, -0.1) is 0 Å². The molecular weight excluding hydrogens is 222 g/mol. The van der Waals surface area contributed by atoms with E-state index >= 15 is 0 Å². The van der Waals surface area contributed by atoms with Crippen molar-refractivity contribution in [2.24, 2.45) is 0 Å². The maximum absolute atomic E-state index is 4.08. The van der Waals surface area contributed by atoms with Gasteiger partial charge in [-0.3, -0.25) is 4.98 Å². The van der Waals surface area contributed by atoms with Crippen molar-refractivity contribution in [1.29, 1.82) is 0 Å². The van der Waals surface area contributed by atoms with Gasteiger partial charge in [0.2, 0.25) is 0 Å². The van der Waals surface area contributed by atoms with E-state index in [1.165, 1.54) is 31.2 Å². The fraction of sp³-hybridized carbons (Fsp3) is 0.667. The monoisotopic (exact) mass is 245 g/mol. The van der Waals surface area contributed by atoms with Crippen LogP contribution >= 0.6 is 0 Å². The minimum Gasteiger partial charge on any atom is -0.307 e. The first-order valence-corrected chi connectivity index (χ1v) is 7.12. The summed E-state index contributed by atoms with van der Waals surface area (Å²) >= 11 is 0. The van der Waals surface area contributed by atoms with E-state index in [0.717, 1.165) is 12.1 Å². The third-order valence-corrected chi connectivity index (χ3v) is 4.79. The Hall–Kier alpha value is -0.930. The zero-order valence-electron chi connectivity index (χ0n) is 11.3. The van der Waals surface area contributed by atoms with Crippen LogP contribution in [0.15, 0.2) is 24.5 Å². The average molecular weight is 245 g/mol. The van der Waals surface area contributed by atoms with Gasteiger partial charge in [0, 0.05) is 36.6 Å². The van der Waals surface area contributed by atoms with E-state index in [4.69, 9.17) is 0 Å². The Kier molecular flexibility index (Phi) is 3.35. The van der Waals surface area contributed by atoms with Crippen LogP contribution in [0.2, 0.25) is 0 Å². The summed E-state index contributed by atoms with van der Waals surface area (Å²) in [5.74, 6) is 0. The lowest BCUT2D eigenvalue weighted by atomic mass is 9.96. The molecule has 3 nitrogen and oxygen atoms in total. The molecule has 2 aliphatic rings. The van der Waals surface area contributed by atoms with Crippen LogP contribution in [0, 0.1) is 0 Å². The van der Waals surface area contributed by atoms with Crippen LogP contribution in [0.4, 0.5) is 0 Å². The summed E-state index contributed by atoms with van der Waals surface area (Å²) in [5.41, 5.74) is 1.34. The molecule has 2 bridgehead atoms. The normalized spacial score (nSPS) is 33.6. The highest BCUT2D eigenvalue weighted by atomic mass is 15.2. The van der Waals surface area contributed by atoms with E-state index < -0.39 is 0 Å². The maximum Gasteiger partial charge on any atom is 0.0295 e. The number of piperidine rings is 1. The van der Waals surface area contributed by atoms with Crippen molar-refractivity contribution in [2.75, 3.05) is 7.05 Å². The van der Waals surface area contributed by atoms with E-state index in [1.54, 1.807) is 0 Å². The predicted octanol–water partition coefficient (Wildman–Crippen LogP) is 2.36. The molecule has 3 atom stereocenters. The zero-order valence-corrected chi connectivity index (χ0v) is 11.3. The van der Waals surface area contributed by atoms with Crippen LogP contribution in [0.25, 0.3) is 0 Å². The molecule has 1 aromatic heterocycles. The molecule has 2 unspecified atom stereocenters. The topological polar surface area (TPSA) is 28.2 Å². The Balaban J connectivity index is 1.61. The van der Waals surface area contributed by atoms with Crippen LogP contribution in [-0.2, 0) is 0 Å². The molecule has 0 saturated carbocycles. The van der Waals surface area contributed by atoms with Crippen LogP contribution in [0.5, 0.6) is 0 Å². The number of rotatable bonds is 3. The molecule has 0 amide bonds. The molecule has 0 aromatic carbocycles. The van der Waals surface area contributed by atoms with Crippen LogP contribution in [0.3, 0.4) is 0 Å². The molecule has 0 aliphatic carbocycles. The van der Waals surface area contributed by atoms with Gasteiger partial charge >= 0.3 is 0 Å². The summed E-state index contributed by atoms with van der Waals surface area (Å²) < 4.78 is 0. The number of aromatic nitrogens is 1. The number of fused-ring (bicyclic) bond motifs is 2. The molecule has 2 aliphatic heterocycles. The van der Waals surface area contributed by atoms with Gasteiger partial charge in [0.05, 0.1) is 0 Å². The molecule has 18 heavy (non-hydrogen) atoms. The Morgan fingerprint density at radius 2 is 1.83 bits per heavy atom. The fourth-order valence-electron chi connectivity index (χ4n) is 3.65. The third-order valence-electron chi connectivity index (χ3n) is 4.79. The number of nitrogens with zero attached hydrogens (tertiary/aromatic N) is 2. The summed E-state index contributed by atoms with van der Waals surface area (Å²) in [4.78, 5) is 6.68. The smallest absolute Gasteiger partial charge is 0.0295 e. The summed E-state index contributed by atoms with van der Waals surface area (Å²) in [5, 5.41) is 3.80. The van der Waals surface area contributed by atoms with Gasteiger partial charge in [0.15, 0.2) is 0 Å². The average Bonchev–Trinajstić information content (AvgIpc) is 2.63. The third kappa shape index (κ3) is 2.29. The summed E-state index contributed by atoms with van der Waals surface area (Å²) in [7, 11) is 2.30. The van der Waals surface area contributed by atoms with Crippen LogP contribution in [0.1, 0.15) is 44.2 Å². The van der Waals surface area contributed by atoms with Crippen molar-refractivity contribution < 1.29 is 0 Å². The van der Waals surface area contributed by atoms with E-state index in [0.29, 0.717) is 12.1 Å². The van der Waals surface area contributed by atoms with Crippen molar-refractivity contribution in [2.45, 2.75) is 56.8 Å². The van der Waals surface area contributed by atoms with Crippen molar-refractivity contribution in [3.8, 4) is 0 Å². The van der Waals surface area contributed by atoms with Gasteiger partial charge in [0.25, 0.3) is 0 Å². The predicted molar refractivity (Wildman–Crippen MR) is 73.4 cm³/mol. The van der Waals surface area contributed by atoms with Gasteiger partial charge < -0.3 is 10.2 Å². The minimum atomic E-state index is 0.431. The minimum absolute atomic E-state index is 0.431. The molecule has 0 spiro atoms. The molecule has 98 valence electrons. The second-order valence-electron chi connectivity index (χ2n) is 5.89. The Labute approximate surface area is 110 Å².